The van der Waals surface area contributed by atoms with Gasteiger partial charge in [0.1, 0.15) is 0 Å². The zero-order valence-electron chi connectivity index (χ0n) is 9.83. The largest absolute Gasteiger partial charge is 0.493 e. The van der Waals surface area contributed by atoms with Crippen molar-refractivity contribution in [3.63, 3.8) is 0 Å². The molecule has 0 spiro atoms. The van der Waals surface area contributed by atoms with Crippen LogP contribution in [0, 0.1) is 6.92 Å². The molecule has 0 fully saturated rings. The van der Waals surface area contributed by atoms with Gasteiger partial charge in [0.2, 0.25) is 0 Å². The van der Waals surface area contributed by atoms with E-state index < -0.39 is 0 Å². The highest BCUT2D eigenvalue weighted by Crippen LogP contribution is 2.37. The quantitative estimate of drug-likeness (QED) is 0.825. The minimum absolute atomic E-state index is 0.273. The number of hydrogen-bond donors (Lipinski definition) is 1. The number of methoxy groups -OCH3 is 2. The molecule has 1 atom stereocenters. The van der Waals surface area contributed by atoms with Crippen molar-refractivity contribution >= 4 is 0 Å². The van der Waals surface area contributed by atoms with Gasteiger partial charge in [-0.15, -0.1) is 0 Å². The Balaban J connectivity index is 3.31. The van der Waals surface area contributed by atoms with Crippen LogP contribution in [0.1, 0.15) is 24.0 Å². The highest BCUT2D eigenvalue weighted by atomic mass is 16.5. The zero-order chi connectivity index (χ0) is 11.4. The van der Waals surface area contributed by atoms with E-state index in [0.29, 0.717) is 6.54 Å². The van der Waals surface area contributed by atoms with Crippen LogP contribution in [0.2, 0.25) is 0 Å². The normalized spacial score (nSPS) is 12.3. The van der Waals surface area contributed by atoms with E-state index in [4.69, 9.17) is 15.2 Å². The van der Waals surface area contributed by atoms with Crippen molar-refractivity contribution in [3.05, 3.63) is 23.3 Å². The third-order valence-electron chi connectivity index (χ3n) is 2.65. The maximum absolute atomic E-state index is 5.69. The molecule has 84 valence electrons. The number of benzene rings is 1. The molecule has 0 amide bonds. The number of ether oxygens (including phenoxy) is 2. The van der Waals surface area contributed by atoms with E-state index in [0.717, 1.165) is 17.1 Å². The lowest BCUT2D eigenvalue weighted by molar-refractivity contribution is 0.349. The van der Waals surface area contributed by atoms with Crippen molar-refractivity contribution in [2.45, 2.75) is 19.8 Å². The molecule has 1 aromatic rings. The van der Waals surface area contributed by atoms with E-state index in [1.54, 1.807) is 14.2 Å². The summed E-state index contributed by atoms with van der Waals surface area (Å²) in [6, 6.07) is 3.95. The Bertz CT molecular complexity index is 337. The number of rotatable bonds is 4. The second-order valence-corrected chi connectivity index (χ2v) is 3.67. The summed E-state index contributed by atoms with van der Waals surface area (Å²) in [6.07, 6.45) is 0. The van der Waals surface area contributed by atoms with E-state index in [1.807, 2.05) is 12.1 Å². The lowest BCUT2D eigenvalue weighted by Gasteiger charge is -2.19. The van der Waals surface area contributed by atoms with Gasteiger partial charge in [0.15, 0.2) is 11.5 Å². The zero-order valence-corrected chi connectivity index (χ0v) is 9.83. The van der Waals surface area contributed by atoms with Gasteiger partial charge >= 0.3 is 0 Å². The Morgan fingerprint density at radius 3 is 2.40 bits per heavy atom. The molecule has 3 heteroatoms. The SMILES string of the molecule is COc1ccc(C)c(C(C)CN)c1OC. The van der Waals surface area contributed by atoms with Crippen molar-refractivity contribution in [1.82, 2.24) is 0 Å². The predicted molar refractivity (Wildman–Crippen MR) is 61.8 cm³/mol. The molecule has 0 aliphatic heterocycles. The van der Waals surface area contributed by atoms with Crippen molar-refractivity contribution in [3.8, 4) is 11.5 Å². The first kappa shape index (κ1) is 11.9. The Kier molecular flexibility index (Phi) is 3.97. The molecule has 0 heterocycles. The minimum atomic E-state index is 0.273. The maximum atomic E-state index is 5.69. The van der Waals surface area contributed by atoms with Crippen molar-refractivity contribution in [2.24, 2.45) is 5.73 Å². The standard InChI is InChI=1S/C12H19NO2/c1-8-5-6-10(14-3)12(15-4)11(8)9(2)7-13/h5-6,9H,7,13H2,1-4H3. The fourth-order valence-corrected chi connectivity index (χ4v) is 1.78. The Labute approximate surface area is 91.2 Å². The van der Waals surface area contributed by atoms with E-state index in [2.05, 4.69) is 13.8 Å². The highest BCUT2D eigenvalue weighted by Gasteiger charge is 2.16. The summed E-state index contributed by atoms with van der Waals surface area (Å²) in [5, 5.41) is 0. The van der Waals surface area contributed by atoms with Crippen molar-refractivity contribution in [1.29, 1.82) is 0 Å². The third-order valence-corrected chi connectivity index (χ3v) is 2.65. The molecular weight excluding hydrogens is 190 g/mol. The van der Waals surface area contributed by atoms with Crippen LogP contribution in [0.15, 0.2) is 12.1 Å². The van der Waals surface area contributed by atoms with Crippen LogP contribution in [-0.4, -0.2) is 20.8 Å². The summed E-state index contributed by atoms with van der Waals surface area (Å²) in [5.74, 6) is 1.84. The second-order valence-electron chi connectivity index (χ2n) is 3.67. The van der Waals surface area contributed by atoms with E-state index in [9.17, 15) is 0 Å². The van der Waals surface area contributed by atoms with Gasteiger partial charge < -0.3 is 15.2 Å². The molecule has 0 saturated carbocycles. The predicted octanol–water partition coefficient (Wildman–Crippen LogP) is 2.07. The van der Waals surface area contributed by atoms with Gasteiger partial charge in [0.25, 0.3) is 0 Å². The first-order valence-corrected chi connectivity index (χ1v) is 5.07. The molecule has 1 aromatic carbocycles. The minimum Gasteiger partial charge on any atom is -0.493 e. The summed E-state index contributed by atoms with van der Waals surface area (Å²) in [4.78, 5) is 0. The van der Waals surface area contributed by atoms with Gasteiger partial charge in [-0.2, -0.15) is 0 Å². The molecule has 0 bridgehead atoms. The van der Waals surface area contributed by atoms with E-state index in [1.165, 1.54) is 5.56 Å². The molecule has 0 aliphatic carbocycles. The van der Waals surface area contributed by atoms with Crippen LogP contribution >= 0.6 is 0 Å². The van der Waals surface area contributed by atoms with Crippen LogP contribution in [0.5, 0.6) is 11.5 Å². The van der Waals surface area contributed by atoms with E-state index >= 15 is 0 Å². The summed E-state index contributed by atoms with van der Waals surface area (Å²) in [5.41, 5.74) is 8.02. The van der Waals surface area contributed by atoms with Gasteiger partial charge in [-0.05, 0) is 31.0 Å². The molecular formula is C12H19NO2. The van der Waals surface area contributed by atoms with Crippen LogP contribution in [0.3, 0.4) is 0 Å². The highest BCUT2D eigenvalue weighted by molar-refractivity contribution is 5.52. The molecule has 15 heavy (non-hydrogen) atoms. The molecule has 0 radical (unpaired) electrons. The van der Waals surface area contributed by atoms with Crippen LogP contribution < -0.4 is 15.2 Å². The van der Waals surface area contributed by atoms with Crippen molar-refractivity contribution in [2.75, 3.05) is 20.8 Å². The molecule has 1 rings (SSSR count). The Hall–Kier alpha value is -1.22. The molecule has 3 nitrogen and oxygen atoms in total. The number of nitrogens with two attached hydrogens (primary N) is 1. The van der Waals surface area contributed by atoms with Gasteiger partial charge in [-0.1, -0.05) is 13.0 Å². The molecule has 0 aromatic heterocycles. The average Bonchev–Trinajstić information content (AvgIpc) is 2.27. The number of aryl methyl sites for hydroxylation is 1. The van der Waals surface area contributed by atoms with Crippen LogP contribution in [0.25, 0.3) is 0 Å². The first-order chi connectivity index (χ1) is 7.15. The molecule has 0 aliphatic rings. The molecule has 1 unspecified atom stereocenters. The Morgan fingerprint density at radius 1 is 1.27 bits per heavy atom. The summed E-state index contributed by atoms with van der Waals surface area (Å²) < 4.78 is 10.7. The summed E-state index contributed by atoms with van der Waals surface area (Å²) in [6.45, 7) is 4.75. The van der Waals surface area contributed by atoms with Crippen molar-refractivity contribution < 1.29 is 9.47 Å². The Morgan fingerprint density at radius 2 is 1.93 bits per heavy atom. The number of hydrogen-bond acceptors (Lipinski definition) is 3. The topological polar surface area (TPSA) is 44.5 Å². The fourth-order valence-electron chi connectivity index (χ4n) is 1.78. The van der Waals surface area contributed by atoms with Gasteiger partial charge in [-0.3, -0.25) is 0 Å². The lowest BCUT2D eigenvalue weighted by Crippen LogP contribution is -2.12. The monoisotopic (exact) mass is 209 g/mol. The van der Waals surface area contributed by atoms with Gasteiger partial charge in [-0.25, -0.2) is 0 Å². The average molecular weight is 209 g/mol. The smallest absolute Gasteiger partial charge is 0.164 e. The summed E-state index contributed by atoms with van der Waals surface area (Å²) >= 11 is 0. The third kappa shape index (κ3) is 2.23. The first-order valence-electron chi connectivity index (χ1n) is 5.07. The van der Waals surface area contributed by atoms with E-state index in [-0.39, 0.29) is 5.92 Å². The lowest BCUT2D eigenvalue weighted by atomic mass is 9.95. The maximum Gasteiger partial charge on any atom is 0.164 e. The molecule has 0 saturated heterocycles. The van der Waals surface area contributed by atoms with Gasteiger partial charge in [0, 0.05) is 5.56 Å². The molecule has 2 N–H and O–H groups in total. The summed E-state index contributed by atoms with van der Waals surface area (Å²) in [7, 11) is 3.30. The van der Waals surface area contributed by atoms with Crippen LogP contribution in [0.4, 0.5) is 0 Å². The van der Waals surface area contributed by atoms with Gasteiger partial charge in [0.05, 0.1) is 14.2 Å². The van der Waals surface area contributed by atoms with Crippen LogP contribution in [-0.2, 0) is 0 Å². The second kappa shape index (κ2) is 5.03. The fraction of sp³-hybridized carbons (Fsp3) is 0.500.